The fourth-order valence-electron chi connectivity index (χ4n) is 2.90. The van der Waals surface area contributed by atoms with Gasteiger partial charge in [0.25, 0.3) is 0 Å². The van der Waals surface area contributed by atoms with Crippen LogP contribution in [-0.4, -0.2) is 22.3 Å². The van der Waals surface area contributed by atoms with Crippen LogP contribution in [0.5, 0.6) is 0 Å². The van der Waals surface area contributed by atoms with E-state index < -0.39 is 29.1 Å². The minimum absolute atomic E-state index is 0.0289. The highest BCUT2D eigenvalue weighted by Crippen LogP contribution is 2.38. The summed E-state index contributed by atoms with van der Waals surface area (Å²) in [5, 5.41) is 16.7. The zero-order valence-electron chi connectivity index (χ0n) is 16.9. The normalized spacial score (nSPS) is 15.2. The van der Waals surface area contributed by atoms with Crippen LogP contribution in [0.25, 0.3) is 0 Å². The summed E-state index contributed by atoms with van der Waals surface area (Å²) in [5.41, 5.74) is -1.27. The smallest absolute Gasteiger partial charge is 0.354 e. The Hall–Kier alpha value is -3.32. The van der Waals surface area contributed by atoms with E-state index in [-0.39, 0.29) is 23.2 Å². The first-order chi connectivity index (χ1) is 15.0. The summed E-state index contributed by atoms with van der Waals surface area (Å²) < 4.78 is 39.7. The van der Waals surface area contributed by atoms with Crippen LogP contribution < -0.4 is 16.0 Å². The van der Waals surface area contributed by atoms with Crippen molar-refractivity contribution in [2.75, 3.05) is 5.32 Å². The van der Waals surface area contributed by atoms with Crippen molar-refractivity contribution in [2.45, 2.75) is 38.0 Å². The molecule has 1 aliphatic rings. The number of pyridine rings is 1. The number of aromatic nitrogens is 1. The molecule has 1 aromatic heterocycles. The van der Waals surface area contributed by atoms with Crippen LogP contribution in [0.15, 0.2) is 36.5 Å². The summed E-state index contributed by atoms with van der Waals surface area (Å²) in [6, 6.07) is 8.33. The summed E-state index contributed by atoms with van der Waals surface area (Å²) in [6.45, 7) is 1.52. The molecule has 3 N–H and O–H groups in total. The monoisotopic (exact) mass is 465 g/mol. The Kier molecular flexibility index (Phi) is 6.60. The Morgan fingerprint density at radius 2 is 2.00 bits per heavy atom. The topological polar surface area (TPSA) is 107 Å². The first-order valence-corrected chi connectivity index (χ1v) is 10.0. The number of benzene rings is 1. The molecule has 0 bridgehead atoms. The largest absolute Gasteiger partial charge is 0.418 e. The van der Waals surface area contributed by atoms with Crippen LogP contribution in [0.2, 0.25) is 5.02 Å². The molecule has 3 rings (SSSR count). The van der Waals surface area contributed by atoms with Gasteiger partial charge in [0, 0.05) is 5.02 Å². The van der Waals surface area contributed by atoms with Crippen LogP contribution in [-0.2, 0) is 22.3 Å². The third-order valence-electron chi connectivity index (χ3n) is 4.95. The van der Waals surface area contributed by atoms with Crippen molar-refractivity contribution < 1.29 is 22.8 Å². The summed E-state index contributed by atoms with van der Waals surface area (Å²) in [7, 11) is 0. The van der Waals surface area contributed by atoms with Gasteiger partial charge >= 0.3 is 6.18 Å². The Bertz CT molecular complexity index is 1060. The SMILES string of the molecule is CC(C#N)C(=O)NC1(C(=O)NCc2ccc(Nc3ccc(Cl)cc3C(F)(F)F)cn2)CC1. The molecule has 11 heteroatoms. The highest BCUT2D eigenvalue weighted by molar-refractivity contribution is 6.30. The molecular weight excluding hydrogens is 447 g/mol. The molecule has 1 saturated carbocycles. The van der Waals surface area contributed by atoms with Crippen LogP contribution in [0.3, 0.4) is 0 Å². The zero-order valence-corrected chi connectivity index (χ0v) is 17.6. The van der Waals surface area contributed by atoms with Crippen molar-refractivity contribution in [1.82, 2.24) is 15.6 Å². The molecule has 1 heterocycles. The lowest BCUT2D eigenvalue weighted by atomic mass is 10.1. The minimum atomic E-state index is -4.58. The lowest BCUT2D eigenvalue weighted by Gasteiger charge is -2.18. The molecule has 1 aliphatic carbocycles. The Morgan fingerprint density at radius 3 is 2.56 bits per heavy atom. The van der Waals surface area contributed by atoms with E-state index in [1.54, 1.807) is 6.07 Å². The first kappa shape index (κ1) is 23.3. The Balaban J connectivity index is 1.60. The average molecular weight is 466 g/mol. The van der Waals surface area contributed by atoms with Crippen molar-refractivity contribution in [2.24, 2.45) is 5.92 Å². The fourth-order valence-corrected chi connectivity index (χ4v) is 3.07. The van der Waals surface area contributed by atoms with E-state index in [2.05, 4.69) is 20.9 Å². The van der Waals surface area contributed by atoms with Gasteiger partial charge < -0.3 is 16.0 Å². The molecule has 32 heavy (non-hydrogen) atoms. The van der Waals surface area contributed by atoms with Crippen LogP contribution in [0.1, 0.15) is 31.0 Å². The number of carbonyl (C=O) groups excluding carboxylic acids is 2. The summed E-state index contributed by atoms with van der Waals surface area (Å²) in [4.78, 5) is 28.5. The molecule has 2 amide bonds. The maximum atomic E-state index is 13.2. The van der Waals surface area contributed by atoms with Crippen LogP contribution >= 0.6 is 11.6 Å². The lowest BCUT2D eigenvalue weighted by Crippen LogP contribution is -2.50. The third kappa shape index (κ3) is 5.48. The van der Waals surface area contributed by atoms with Gasteiger partial charge in [0.05, 0.1) is 41.4 Å². The lowest BCUT2D eigenvalue weighted by molar-refractivity contribution is -0.137. The molecule has 1 unspecified atom stereocenters. The molecule has 1 atom stereocenters. The first-order valence-electron chi connectivity index (χ1n) is 9.63. The van der Waals surface area contributed by atoms with Crippen LogP contribution in [0.4, 0.5) is 24.5 Å². The van der Waals surface area contributed by atoms with E-state index >= 15 is 0 Å². The van der Waals surface area contributed by atoms with Gasteiger partial charge in [-0.15, -0.1) is 0 Å². The second kappa shape index (κ2) is 9.04. The van der Waals surface area contributed by atoms with Crippen molar-refractivity contribution in [3.63, 3.8) is 0 Å². The number of nitrogens with zero attached hydrogens (tertiary/aromatic N) is 2. The molecule has 7 nitrogen and oxygen atoms in total. The number of nitrogens with one attached hydrogen (secondary N) is 3. The number of amides is 2. The van der Waals surface area contributed by atoms with Crippen molar-refractivity contribution in [3.05, 3.63) is 52.8 Å². The van der Waals surface area contributed by atoms with Crippen molar-refractivity contribution in [1.29, 1.82) is 5.26 Å². The quantitative estimate of drug-likeness (QED) is 0.574. The number of nitriles is 1. The Morgan fingerprint density at radius 1 is 1.28 bits per heavy atom. The number of rotatable bonds is 7. The number of anilines is 2. The van der Waals surface area contributed by atoms with Gasteiger partial charge in [-0.1, -0.05) is 11.6 Å². The van der Waals surface area contributed by atoms with E-state index in [1.807, 2.05) is 6.07 Å². The number of alkyl halides is 3. The summed E-state index contributed by atoms with van der Waals surface area (Å²) in [5.74, 6) is -1.74. The van der Waals surface area contributed by atoms with Crippen LogP contribution in [0, 0.1) is 17.2 Å². The Labute approximate surface area is 187 Å². The number of halogens is 4. The molecular formula is C21H19ClF3N5O2. The predicted octanol–water partition coefficient (Wildman–Crippen LogP) is 3.92. The van der Waals surface area contributed by atoms with Gasteiger partial charge in [-0.25, -0.2) is 0 Å². The average Bonchev–Trinajstić information content (AvgIpc) is 3.53. The second-order valence-corrected chi connectivity index (χ2v) is 7.89. The highest BCUT2D eigenvalue weighted by atomic mass is 35.5. The maximum absolute atomic E-state index is 13.2. The van der Waals surface area contributed by atoms with Gasteiger partial charge in [0.1, 0.15) is 11.5 Å². The molecule has 1 aromatic carbocycles. The standard InChI is InChI=1S/C21H19ClF3N5O2/c1-12(9-26)18(31)30-20(6-7-20)19(32)28-10-14-3-4-15(11-27-14)29-17-5-2-13(22)8-16(17)21(23,24)25/h2-5,8,11-12,29H,6-7,10H2,1H3,(H,28,32)(H,30,31). The molecule has 0 saturated heterocycles. The molecule has 0 radical (unpaired) electrons. The van der Waals surface area contributed by atoms with E-state index in [1.165, 1.54) is 31.3 Å². The number of hydrogen-bond acceptors (Lipinski definition) is 5. The van der Waals surface area contributed by atoms with Gasteiger partial charge in [-0.3, -0.25) is 14.6 Å². The van der Waals surface area contributed by atoms with E-state index in [9.17, 15) is 22.8 Å². The molecule has 0 spiro atoms. The molecule has 0 aliphatic heterocycles. The van der Waals surface area contributed by atoms with Crippen molar-refractivity contribution >= 4 is 34.8 Å². The van der Waals surface area contributed by atoms with Gasteiger partial charge in [0.2, 0.25) is 11.8 Å². The van der Waals surface area contributed by atoms with Gasteiger partial charge in [0.15, 0.2) is 0 Å². The molecule has 1 fully saturated rings. The maximum Gasteiger partial charge on any atom is 0.418 e. The van der Waals surface area contributed by atoms with Gasteiger partial charge in [-0.05, 0) is 50.1 Å². The minimum Gasteiger partial charge on any atom is -0.354 e. The summed E-state index contributed by atoms with van der Waals surface area (Å²) in [6.07, 6.45) is -2.28. The fraction of sp³-hybridized carbons (Fsp3) is 0.333. The zero-order chi connectivity index (χ0) is 23.5. The van der Waals surface area contributed by atoms with Crippen molar-refractivity contribution in [3.8, 4) is 6.07 Å². The molecule has 168 valence electrons. The number of carbonyl (C=O) groups is 2. The summed E-state index contributed by atoms with van der Waals surface area (Å²) >= 11 is 5.68. The third-order valence-corrected chi connectivity index (χ3v) is 5.19. The second-order valence-electron chi connectivity index (χ2n) is 7.46. The van der Waals surface area contributed by atoms with E-state index in [4.69, 9.17) is 16.9 Å². The predicted molar refractivity (Wildman–Crippen MR) is 111 cm³/mol. The van der Waals surface area contributed by atoms with E-state index in [0.717, 1.165) is 6.07 Å². The molecule has 2 aromatic rings. The highest BCUT2D eigenvalue weighted by Gasteiger charge is 2.51. The van der Waals surface area contributed by atoms with E-state index in [0.29, 0.717) is 24.2 Å². The number of hydrogen-bond donors (Lipinski definition) is 3. The van der Waals surface area contributed by atoms with Gasteiger partial charge in [-0.2, -0.15) is 18.4 Å².